The van der Waals surface area contributed by atoms with Crippen molar-refractivity contribution >= 4 is 28.5 Å². The molecule has 0 unspecified atom stereocenters. The summed E-state index contributed by atoms with van der Waals surface area (Å²) in [6.45, 7) is 1.90. The first-order chi connectivity index (χ1) is 10.0. The summed E-state index contributed by atoms with van der Waals surface area (Å²) in [5.74, 6) is -0.178. The molecule has 4 nitrogen and oxygen atoms in total. The van der Waals surface area contributed by atoms with Crippen molar-refractivity contribution < 1.29 is 13.9 Å². The fourth-order valence-corrected chi connectivity index (χ4v) is 2.54. The van der Waals surface area contributed by atoms with Crippen molar-refractivity contribution in [2.24, 2.45) is 5.92 Å². The van der Waals surface area contributed by atoms with Crippen molar-refractivity contribution in [3.05, 3.63) is 44.8 Å². The molecule has 1 aliphatic rings. The fraction of sp³-hybridized carbons (Fsp3) is 0.375. The third-order valence-corrected chi connectivity index (χ3v) is 4.33. The number of rotatable bonds is 3. The van der Waals surface area contributed by atoms with Crippen LogP contribution in [0.4, 0.5) is 0 Å². The second-order valence-electron chi connectivity index (χ2n) is 5.42. The van der Waals surface area contributed by atoms with E-state index < -0.39 is 5.63 Å². The van der Waals surface area contributed by atoms with E-state index in [0.29, 0.717) is 21.6 Å². The van der Waals surface area contributed by atoms with Crippen LogP contribution in [-0.4, -0.2) is 5.97 Å². The molecule has 21 heavy (non-hydrogen) atoms. The normalized spacial score (nSPS) is 15.0. The molecule has 1 aliphatic carbocycles. The van der Waals surface area contributed by atoms with Gasteiger partial charge in [-0.3, -0.25) is 4.79 Å². The van der Waals surface area contributed by atoms with Crippen LogP contribution in [0.3, 0.4) is 0 Å². The van der Waals surface area contributed by atoms with Crippen molar-refractivity contribution in [3.8, 4) is 0 Å². The maximum Gasteiger partial charge on any atom is 0.336 e. The lowest BCUT2D eigenvalue weighted by molar-refractivity contribution is -0.152. The third kappa shape index (κ3) is 2.81. The van der Waals surface area contributed by atoms with Crippen LogP contribution >= 0.6 is 11.6 Å². The minimum absolute atomic E-state index is 0.0159. The summed E-state index contributed by atoms with van der Waals surface area (Å²) in [4.78, 5) is 23.4. The first kappa shape index (κ1) is 14.1. The Kier molecular flexibility index (Phi) is 3.72. The maximum absolute atomic E-state index is 11.8. The number of halogens is 1. The van der Waals surface area contributed by atoms with Gasteiger partial charge in [0.1, 0.15) is 12.2 Å². The lowest BCUT2D eigenvalue weighted by atomic mass is 9.86. The Morgan fingerprint density at radius 3 is 2.81 bits per heavy atom. The molecule has 2 aromatic rings. The predicted octanol–water partition coefficient (Wildman–Crippen LogP) is 3.60. The highest BCUT2D eigenvalue weighted by Crippen LogP contribution is 2.29. The van der Waals surface area contributed by atoms with Gasteiger partial charge >= 0.3 is 11.6 Å². The summed E-state index contributed by atoms with van der Waals surface area (Å²) in [6.07, 6.45) is 2.86. The van der Waals surface area contributed by atoms with Crippen LogP contribution < -0.4 is 5.63 Å². The second kappa shape index (κ2) is 5.53. The smallest absolute Gasteiger partial charge is 0.336 e. The lowest BCUT2D eigenvalue weighted by Gasteiger charge is -2.23. The zero-order valence-corrected chi connectivity index (χ0v) is 12.4. The van der Waals surface area contributed by atoms with Crippen LogP contribution in [0.2, 0.25) is 5.02 Å². The molecular weight excluding hydrogens is 292 g/mol. The number of hydrogen-bond acceptors (Lipinski definition) is 4. The highest BCUT2D eigenvalue weighted by Gasteiger charge is 2.26. The van der Waals surface area contributed by atoms with Crippen LogP contribution in [-0.2, 0) is 16.1 Å². The average molecular weight is 307 g/mol. The van der Waals surface area contributed by atoms with Gasteiger partial charge in [0.2, 0.25) is 0 Å². The van der Waals surface area contributed by atoms with E-state index in [0.717, 1.165) is 24.8 Å². The number of carbonyl (C=O) groups excluding carboxylic acids is 1. The Hall–Kier alpha value is -1.81. The Balaban J connectivity index is 1.91. The predicted molar refractivity (Wildman–Crippen MR) is 79.4 cm³/mol. The molecule has 110 valence electrons. The number of esters is 1. The van der Waals surface area contributed by atoms with Crippen LogP contribution in [0.1, 0.15) is 30.4 Å². The van der Waals surface area contributed by atoms with Gasteiger partial charge in [0.05, 0.1) is 5.92 Å². The minimum atomic E-state index is -0.459. The van der Waals surface area contributed by atoms with Gasteiger partial charge in [-0.2, -0.15) is 0 Å². The lowest BCUT2D eigenvalue weighted by Crippen LogP contribution is -2.24. The summed E-state index contributed by atoms with van der Waals surface area (Å²) < 4.78 is 10.5. The number of aryl methyl sites for hydroxylation is 1. The van der Waals surface area contributed by atoms with Crippen molar-refractivity contribution in [1.82, 2.24) is 0 Å². The average Bonchev–Trinajstić information content (AvgIpc) is 2.36. The molecule has 0 N–H and O–H groups in total. The maximum atomic E-state index is 11.8. The van der Waals surface area contributed by atoms with Crippen molar-refractivity contribution in [2.45, 2.75) is 32.8 Å². The first-order valence-corrected chi connectivity index (χ1v) is 7.32. The Morgan fingerprint density at radius 2 is 2.14 bits per heavy atom. The first-order valence-electron chi connectivity index (χ1n) is 6.94. The summed E-state index contributed by atoms with van der Waals surface area (Å²) in [5.41, 5.74) is 1.45. The van der Waals surface area contributed by atoms with E-state index in [1.165, 1.54) is 6.07 Å². The summed E-state index contributed by atoms with van der Waals surface area (Å²) in [6, 6.07) is 4.81. The molecule has 0 radical (unpaired) electrons. The van der Waals surface area contributed by atoms with E-state index in [4.69, 9.17) is 20.8 Å². The highest BCUT2D eigenvalue weighted by molar-refractivity contribution is 6.32. The van der Waals surface area contributed by atoms with Crippen LogP contribution in [0.5, 0.6) is 0 Å². The zero-order chi connectivity index (χ0) is 15.0. The van der Waals surface area contributed by atoms with E-state index in [9.17, 15) is 9.59 Å². The Morgan fingerprint density at radius 1 is 1.38 bits per heavy atom. The number of carbonyl (C=O) groups is 1. The van der Waals surface area contributed by atoms with Gasteiger partial charge in [-0.25, -0.2) is 4.79 Å². The summed E-state index contributed by atoms with van der Waals surface area (Å²) >= 11 is 6.12. The molecule has 5 heteroatoms. The molecule has 0 bridgehead atoms. The van der Waals surface area contributed by atoms with Gasteiger partial charge < -0.3 is 9.15 Å². The number of fused-ring (bicyclic) bond motifs is 1. The van der Waals surface area contributed by atoms with Gasteiger partial charge in [-0.1, -0.05) is 18.0 Å². The molecule has 0 aliphatic heterocycles. The molecule has 1 aromatic carbocycles. The molecular formula is C16H15ClO4. The fourth-order valence-electron chi connectivity index (χ4n) is 2.38. The summed E-state index contributed by atoms with van der Waals surface area (Å²) in [7, 11) is 0. The van der Waals surface area contributed by atoms with E-state index in [1.54, 1.807) is 12.1 Å². The largest absolute Gasteiger partial charge is 0.461 e. The van der Waals surface area contributed by atoms with Crippen LogP contribution in [0.25, 0.3) is 11.0 Å². The third-order valence-electron chi connectivity index (χ3n) is 3.92. The monoisotopic (exact) mass is 306 g/mol. The van der Waals surface area contributed by atoms with Gasteiger partial charge in [0.15, 0.2) is 0 Å². The van der Waals surface area contributed by atoms with Crippen molar-refractivity contribution in [3.63, 3.8) is 0 Å². The van der Waals surface area contributed by atoms with Gasteiger partial charge in [-0.15, -0.1) is 0 Å². The zero-order valence-electron chi connectivity index (χ0n) is 11.6. The molecule has 1 fully saturated rings. The quantitative estimate of drug-likeness (QED) is 0.642. The van der Waals surface area contributed by atoms with E-state index >= 15 is 0 Å². The molecule has 1 saturated carbocycles. The highest BCUT2D eigenvalue weighted by atomic mass is 35.5. The minimum Gasteiger partial charge on any atom is -0.461 e. The van der Waals surface area contributed by atoms with Crippen LogP contribution in [0.15, 0.2) is 27.4 Å². The van der Waals surface area contributed by atoms with Crippen LogP contribution in [0, 0.1) is 12.8 Å². The molecule has 0 atom stereocenters. The van der Waals surface area contributed by atoms with Gasteiger partial charge in [-0.05, 0) is 37.5 Å². The molecule has 1 aromatic heterocycles. The molecule has 0 spiro atoms. The molecule has 0 amide bonds. The molecule has 1 heterocycles. The number of hydrogen-bond donors (Lipinski definition) is 0. The molecule has 0 saturated heterocycles. The SMILES string of the molecule is Cc1cc2oc(=O)cc(COC(=O)C3CCC3)c2cc1Cl. The Bertz CT molecular complexity index is 759. The van der Waals surface area contributed by atoms with Crippen molar-refractivity contribution in [1.29, 1.82) is 0 Å². The second-order valence-corrected chi connectivity index (χ2v) is 5.83. The Labute approximate surface area is 126 Å². The van der Waals surface area contributed by atoms with E-state index in [2.05, 4.69) is 0 Å². The number of ether oxygens (including phenoxy) is 1. The summed E-state index contributed by atoms with van der Waals surface area (Å²) in [5, 5.41) is 1.29. The van der Waals surface area contributed by atoms with E-state index in [1.807, 2.05) is 6.92 Å². The standard InChI is InChI=1S/C16H15ClO4/c1-9-5-14-12(7-13(9)17)11(6-15(18)21-14)8-20-16(19)10-3-2-4-10/h5-7,10H,2-4,8H2,1H3. The molecule has 3 rings (SSSR count). The van der Waals surface area contributed by atoms with Crippen molar-refractivity contribution in [2.75, 3.05) is 0 Å². The van der Waals surface area contributed by atoms with Gasteiger partial charge in [0.25, 0.3) is 0 Å². The van der Waals surface area contributed by atoms with E-state index in [-0.39, 0.29) is 18.5 Å². The van der Waals surface area contributed by atoms with Gasteiger partial charge in [0, 0.05) is 22.0 Å². The number of benzene rings is 1. The topological polar surface area (TPSA) is 56.5 Å².